The van der Waals surface area contributed by atoms with Crippen molar-refractivity contribution in [2.75, 3.05) is 19.6 Å². The molecule has 1 saturated heterocycles. The summed E-state index contributed by atoms with van der Waals surface area (Å²) in [5, 5.41) is 9.63. The minimum atomic E-state index is -0.838. The van der Waals surface area contributed by atoms with Gasteiger partial charge in [0.1, 0.15) is 4.88 Å². The summed E-state index contributed by atoms with van der Waals surface area (Å²) >= 11 is 1.43. The molecule has 2 aliphatic rings. The zero-order valence-corrected chi connectivity index (χ0v) is 23.5. The molecule has 4 nitrogen and oxygen atoms in total. The maximum Gasteiger partial charge on any atom is 0.345 e. The summed E-state index contributed by atoms with van der Waals surface area (Å²) in [6.45, 7) is 9.43. The Labute approximate surface area is 230 Å². The van der Waals surface area contributed by atoms with Gasteiger partial charge in [-0.2, -0.15) is 0 Å². The molecule has 1 aliphatic heterocycles. The molecule has 2 heterocycles. The largest absolute Gasteiger partial charge is 0.477 e. The second-order valence-corrected chi connectivity index (χ2v) is 12.7. The summed E-state index contributed by atoms with van der Waals surface area (Å²) in [5.74, 6) is -0.616. The Balaban J connectivity index is 1.25. The second kappa shape index (κ2) is 11.0. The molecule has 5 heteroatoms. The molecule has 1 fully saturated rings. The molecule has 1 N–H and O–H groups in total. The molecule has 198 valence electrons. The molecule has 0 unspecified atom stereocenters. The molecule has 0 atom stereocenters. The second-order valence-electron chi connectivity index (χ2n) is 11.6. The molecule has 5 rings (SSSR count). The van der Waals surface area contributed by atoms with Crippen LogP contribution in [0, 0.1) is 0 Å². The van der Waals surface area contributed by atoms with Crippen molar-refractivity contribution in [3.63, 3.8) is 0 Å². The van der Waals surface area contributed by atoms with Crippen molar-refractivity contribution in [1.29, 1.82) is 0 Å². The number of nitrogens with zero attached hydrogens (tertiary/aromatic N) is 1. The summed E-state index contributed by atoms with van der Waals surface area (Å²) in [6, 6.07) is 18.6. The van der Waals surface area contributed by atoms with E-state index in [0.717, 1.165) is 62.9 Å². The van der Waals surface area contributed by atoms with Crippen LogP contribution in [0.2, 0.25) is 0 Å². The Hall–Kier alpha value is -3.02. The molecule has 3 aromatic rings. The smallest absolute Gasteiger partial charge is 0.345 e. The highest BCUT2D eigenvalue weighted by atomic mass is 32.1. The number of aromatic carboxylic acids is 1. The number of thiophene rings is 1. The first kappa shape index (κ1) is 26.6. The zero-order valence-electron chi connectivity index (χ0n) is 22.7. The first-order chi connectivity index (χ1) is 18.2. The zero-order chi connectivity index (χ0) is 26.9. The summed E-state index contributed by atoms with van der Waals surface area (Å²) < 4.78 is 0. The number of carboxylic acids is 1. The van der Waals surface area contributed by atoms with Gasteiger partial charge in [0, 0.05) is 30.0 Å². The van der Waals surface area contributed by atoms with E-state index in [4.69, 9.17) is 0 Å². The highest BCUT2D eigenvalue weighted by Crippen LogP contribution is 2.41. The monoisotopic (exact) mass is 527 g/mol. The molecule has 0 spiro atoms. The number of carbonyl (C=O) groups excluding carboxylic acids is 1. The van der Waals surface area contributed by atoms with Crippen molar-refractivity contribution >= 4 is 28.7 Å². The van der Waals surface area contributed by atoms with Gasteiger partial charge in [-0.05, 0) is 78.0 Å². The van der Waals surface area contributed by atoms with Crippen molar-refractivity contribution in [3.8, 4) is 0 Å². The van der Waals surface area contributed by atoms with E-state index in [2.05, 4.69) is 62.1 Å². The number of rotatable bonds is 6. The maximum atomic E-state index is 12.8. The van der Waals surface area contributed by atoms with E-state index in [0.29, 0.717) is 11.3 Å². The number of fused-ring (bicyclic) bond motifs is 2. The number of carboxylic acid groups (broad SMARTS) is 1. The number of carbonyl (C=O) groups is 2. The van der Waals surface area contributed by atoms with Crippen LogP contribution in [0.4, 0.5) is 0 Å². The van der Waals surface area contributed by atoms with Gasteiger partial charge in [-0.1, -0.05) is 74.9 Å². The first-order valence-corrected chi connectivity index (χ1v) is 14.5. The number of Topliss-reactive ketones (excluding diaryl/α,β-unsaturated/α-hetero) is 1. The number of piperidine rings is 1. The van der Waals surface area contributed by atoms with Crippen LogP contribution in [0.15, 0.2) is 60.2 Å². The Bertz CT molecular complexity index is 1360. The van der Waals surface area contributed by atoms with E-state index in [1.165, 1.54) is 44.1 Å². The van der Waals surface area contributed by atoms with Crippen molar-refractivity contribution in [2.24, 2.45) is 0 Å². The Morgan fingerprint density at radius 2 is 1.63 bits per heavy atom. The van der Waals surface area contributed by atoms with E-state index in [-0.39, 0.29) is 11.2 Å². The average Bonchev–Trinajstić information content (AvgIpc) is 3.26. The van der Waals surface area contributed by atoms with E-state index in [9.17, 15) is 14.7 Å². The third-order valence-corrected chi connectivity index (χ3v) is 9.14. The van der Waals surface area contributed by atoms with Crippen LogP contribution in [0.3, 0.4) is 0 Å². The van der Waals surface area contributed by atoms with Crippen LogP contribution >= 0.6 is 11.3 Å². The maximum absolute atomic E-state index is 12.8. The van der Waals surface area contributed by atoms with Crippen LogP contribution in [0.1, 0.15) is 93.6 Å². The Kier molecular flexibility index (Phi) is 7.69. The van der Waals surface area contributed by atoms with Crippen LogP contribution in [-0.2, 0) is 18.3 Å². The third kappa shape index (κ3) is 5.69. The molecule has 0 amide bonds. The lowest BCUT2D eigenvalue weighted by Crippen LogP contribution is -2.32. The quantitative estimate of drug-likeness (QED) is 0.339. The van der Waals surface area contributed by atoms with Crippen molar-refractivity contribution in [1.82, 2.24) is 4.90 Å². The standard InChI is InChI=1S/C33H37NO3S/c1-33(2,3)25-13-10-23(11-14-25)28(35)9-6-18-34-19-16-24(17-20-34)31-26-8-5-4-7-22(26)12-15-29-27(31)21-30(38-29)32(36)37/h4-5,7-8,10-11,13-14,21H,6,9,12,15-20H2,1-3H3,(H,36,37). The molecule has 2 aromatic carbocycles. The molecular weight excluding hydrogens is 490 g/mol. The van der Waals surface area contributed by atoms with Gasteiger partial charge in [0.05, 0.1) is 0 Å². The number of likely N-dealkylation sites (tertiary alicyclic amines) is 1. The molecule has 0 bridgehead atoms. The van der Waals surface area contributed by atoms with Gasteiger partial charge in [0.2, 0.25) is 0 Å². The number of hydrogen-bond acceptors (Lipinski definition) is 4. The van der Waals surface area contributed by atoms with Gasteiger partial charge >= 0.3 is 5.97 Å². The summed E-state index contributed by atoms with van der Waals surface area (Å²) in [6.07, 6.45) is 5.22. The third-order valence-electron chi connectivity index (χ3n) is 7.96. The van der Waals surface area contributed by atoms with E-state index in [1.54, 1.807) is 0 Å². The summed E-state index contributed by atoms with van der Waals surface area (Å²) in [5.41, 5.74) is 8.60. The highest BCUT2D eigenvalue weighted by molar-refractivity contribution is 7.14. The van der Waals surface area contributed by atoms with Crippen molar-refractivity contribution in [2.45, 2.75) is 64.7 Å². The Morgan fingerprint density at radius 1 is 0.921 bits per heavy atom. The van der Waals surface area contributed by atoms with Crippen molar-refractivity contribution in [3.05, 3.63) is 97.7 Å². The number of aryl methyl sites for hydroxylation is 2. The van der Waals surface area contributed by atoms with Crippen LogP contribution in [0.5, 0.6) is 0 Å². The molecule has 0 radical (unpaired) electrons. The van der Waals surface area contributed by atoms with Crippen LogP contribution in [0.25, 0.3) is 5.57 Å². The van der Waals surface area contributed by atoms with Gasteiger partial charge in [0.15, 0.2) is 5.78 Å². The van der Waals surface area contributed by atoms with E-state index >= 15 is 0 Å². The summed E-state index contributed by atoms with van der Waals surface area (Å²) in [7, 11) is 0. The van der Waals surface area contributed by atoms with Gasteiger partial charge in [-0.3, -0.25) is 4.79 Å². The number of hydrogen-bond donors (Lipinski definition) is 1. The molecule has 1 aliphatic carbocycles. The first-order valence-electron chi connectivity index (χ1n) is 13.7. The lowest BCUT2D eigenvalue weighted by Gasteiger charge is -2.30. The lowest BCUT2D eigenvalue weighted by molar-refractivity contribution is 0.0702. The molecule has 1 aromatic heterocycles. The van der Waals surface area contributed by atoms with Crippen LogP contribution in [-0.4, -0.2) is 41.4 Å². The fraction of sp³-hybridized carbons (Fsp3) is 0.394. The predicted octanol–water partition coefficient (Wildman–Crippen LogP) is 7.40. The summed E-state index contributed by atoms with van der Waals surface area (Å²) in [4.78, 5) is 28.6. The molecule has 38 heavy (non-hydrogen) atoms. The SMILES string of the molecule is CC(C)(C)c1ccc(C(=O)CCCN2CCC(=C3c4ccccc4CCc4sc(C(=O)O)cc43)CC2)cc1. The van der Waals surface area contributed by atoms with Gasteiger partial charge in [0.25, 0.3) is 0 Å². The van der Waals surface area contributed by atoms with Gasteiger partial charge in [-0.25, -0.2) is 4.79 Å². The molecule has 0 saturated carbocycles. The highest BCUT2D eigenvalue weighted by Gasteiger charge is 2.26. The Morgan fingerprint density at radius 3 is 2.32 bits per heavy atom. The number of benzene rings is 2. The number of ketones is 1. The molecular formula is C33H37NO3S. The van der Waals surface area contributed by atoms with Crippen molar-refractivity contribution < 1.29 is 14.7 Å². The van der Waals surface area contributed by atoms with Gasteiger partial charge in [-0.15, -0.1) is 11.3 Å². The predicted molar refractivity (Wildman–Crippen MR) is 156 cm³/mol. The van der Waals surface area contributed by atoms with E-state index in [1.807, 2.05) is 18.2 Å². The fourth-order valence-electron chi connectivity index (χ4n) is 5.75. The van der Waals surface area contributed by atoms with E-state index < -0.39 is 5.97 Å². The fourth-order valence-corrected chi connectivity index (χ4v) is 6.75. The van der Waals surface area contributed by atoms with Crippen LogP contribution < -0.4 is 0 Å². The topological polar surface area (TPSA) is 57.6 Å². The lowest BCUT2D eigenvalue weighted by atomic mass is 9.86. The minimum Gasteiger partial charge on any atom is -0.477 e. The van der Waals surface area contributed by atoms with Gasteiger partial charge < -0.3 is 10.0 Å². The normalized spacial score (nSPS) is 16.1. The average molecular weight is 528 g/mol. The minimum absolute atomic E-state index is 0.0897.